The van der Waals surface area contributed by atoms with Crippen molar-refractivity contribution in [2.75, 3.05) is 13.2 Å². The summed E-state index contributed by atoms with van der Waals surface area (Å²) in [5, 5.41) is 0. The van der Waals surface area contributed by atoms with Crippen LogP contribution in [0.3, 0.4) is 0 Å². The van der Waals surface area contributed by atoms with Gasteiger partial charge in [-0.15, -0.1) is 0 Å². The lowest BCUT2D eigenvalue weighted by atomic mass is 10.0. The van der Waals surface area contributed by atoms with Crippen LogP contribution in [0.15, 0.2) is 60.8 Å². The minimum absolute atomic E-state index is 0.0834. The third-order valence-corrected chi connectivity index (χ3v) is 12.0. The van der Waals surface area contributed by atoms with Gasteiger partial charge in [-0.05, 0) is 96.3 Å². The van der Waals surface area contributed by atoms with Gasteiger partial charge < -0.3 is 14.2 Å². The molecule has 0 aromatic rings. The first kappa shape index (κ1) is 62.1. The van der Waals surface area contributed by atoms with Crippen molar-refractivity contribution in [1.82, 2.24) is 0 Å². The SMILES string of the molecule is CC/C=C\C/C=C\C/C=C\CCCCCCCC(=O)O[C@@H](COC(=O)CCCCCCC/C=C\CCCC)COC(=O)CCCCCCCCCCCCC/C=C\CCCCCCCC. The number of unbranched alkanes of at least 4 members (excludes halogenated alkanes) is 29. The molecule has 0 bridgehead atoms. The van der Waals surface area contributed by atoms with E-state index in [1.54, 1.807) is 0 Å². The second-order valence-electron chi connectivity index (χ2n) is 18.5. The molecule has 6 heteroatoms. The molecule has 0 heterocycles. The second-order valence-corrected chi connectivity index (χ2v) is 18.5. The Morgan fingerprint density at radius 3 is 1.00 bits per heavy atom. The van der Waals surface area contributed by atoms with E-state index in [1.807, 2.05) is 0 Å². The third kappa shape index (κ3) is 51.9. The predicted octanol–water partition coefficient (Wildman–Crippen LogP) is 18.4. The van der Waals surface area contributed by atoms with E-state index in [0.29, 0.717) is 19.3 Å². The molecule has 0 amide bonds. The molecule has 376 valence electrons. The summed E-state index contributed by atoms with van der Waals surface area (Å²) in [6.45, 7) is 6.48. The van der Waals surface area contributed by atoms with E-state index >= 15 is 0 Å². The molecule has 0 aliphatic rings. The molecule has 65 heavy (non-hydrogen) atoms. The number of carbonyl (C=O) groups is 3. The Kier molecular flexibility index (Phi) is 51.3. The molecule has 0 N–H and O–H groups in total. The summed E-state index contributed by atoms with van der Waals surface area (Å²) in [6, 6.07) is 0. The molecule has 6 nitrogen and oxygen atoms in total. The number of ether oxygens (including phenoxy) is 3. The lowest BCUT2D eigenvalue weighted by molar-refractivity contribution is -0.167. The predicted molar refractivity (Wildman–Crippen MR) is 279 cm³/mol. The highest BCUT2D eigenvalue weighted by Gasteiger charge is 2.19. The lowest BCUT2D eigenvalue weighted by Gasteiger charge is -2.18. The van der Waals surface area contributed by atoms with Gasteiger partial charge in [-0.2, -0.15) is 0 Å². The Labute approximate surface area is 402 Å². The van der Waals surface area contributed by atoms with Gasteiger partial charge in [-0.25, -0.2) is 0 Å². The van der Waals surface area contributed by atoms with Gasteiger partial charge in [0.15, 0.2) is 6.10 Å². The molecule has 0 saturated carbocycles. The standard InChI is InChI=1S/C59H104O6/c1-4-7-10-13-16-19-22-24-26-27-28-29-30-31-33-34-37-40-43-46-49-52-58(61)64-55-56(54-63-57(60)51-48-45-42-39-36-21-18-15-12-9-6-3)65-59(62)53-50-47-44-41-38-35-32-25-23-20-17-14-11-8-5-2/h8,11,15,17-18,20,24-26,32,56H,4-7,9-10,12-14,16,19,21-23,27-31,33-55H2,1-3H3/b11-8-,18-15-,20-17-,26-24-,32-25-/t56-/m0/s1. The minimum atomic E-state index is -0.785. The normalized spacial score (nSPS) is 12.5. The number of allylic oxidation sites excluding steroid dienone is 10. The summed E-state index contributed by atoms with van der Waals surface area (Å²) in [5.74, 6) is -0.905. The zero-order chi connectivity index (χ0) is 47.2. The fourth-order valence-corrected chi connectivity index (χ4v) is 7.79. The van der Waals surface area contributed by atoms with Crippen molar-refractivity contribution < 1.29 is 28.6 Å². The molecular weight excluding hydrogens is 805 g/mol. The molecule has 1 atom stereocenters. The fourth-order valence-electron chi connectivity index (χ4n) is 7.79. The third-order valence-electron chi connectivity index (χ3n) is 12.0. The first-order valence-electron chi connectivity index (χ1n) is 27.8. The molecule has 0 aliphatic heterocycles. The smallest absolute Gasteiger partial charge is 0.306 e. The average Bonchev–Trinajstić information content (AvgIpc) is 3.30. The topological polar surface area (TPSA) is 78.9 Å². The Balaban J connectivity index is 4.31. The molecule has 0 radical (unpaired) electrons. The van der Waals surface area contributed by atoms with E-state index in [0.717, 1.165) is 103 Å². The quantitative estimate of drug-likeness (QED) is 0.0262. The average molecular weight is 909 g/mol. The van der Waals surface area contributed by atoms with E-state index in [2.05, 4.69) is 81.5 Å². The van der Waals surface area contributed by atoms with Gasteiger partial charge in [0, 0.05) is 19.3 Å². The van der Waals surface area contributed by atoms with Crippen LogP contribution in [0.4, 0.5) is 0 Å². The van der Waals surface area contributed by atoms with Gasteiger partial charge in [0.1, 0.15) is 13.2 Å². The maximum Gasteiger partial charge on any atom is 0.306 e. The van der Waals surface area contributed by atoms with Crippen LogP contribution < -0.4 is 0 Å². The summed E-state index contributed by atoms with van der Waals surface area (Å²) in [4.78, 5) is 38.0. The van der Waals surface area contributed by atoms with Crippen LogP contribution >= 0.6 is 0 Å². The van der Waals surface area contributed by atoms with Crippen molar-refractivity contribution in [3.63, 3.8) is 0 Å². The Morgan fingerprint density at radius 1 is 0.323 bits per heavy atom. The number of carbonyl (C=O) groups excluding carboxylic acids is 3. The fraction of sp³-hybridized carbons (Fsp3) is 0.780. The molecule has 0 aromatic carbocycles. The molecule has 0 spiro atoms. The van der Waals surface area contributed by atoms with E-state index in [1.165, 1.54) is 135 Å². The molecular formula is C59H104O6. The lowest BCUT2D eigenvalue weighted by Crippen LogP contribution is -2.30. The highest BCUT2D eigenvalue weighted by atomic mass is 16.6. The number of esters is 3. The van der Waals surface area contributed by atoms with Crippen LogP contribution in [0.25, 0.3) is 0 Å². The van der Waals surface area contributed by atoms with E-state index in [-0.39, 0.29) is 31.1 Å². The molecule has 0 aromatic heterocycles. The van der Waals surface area contributed by atoms with Crippen LogP contribution in [0.2, 0.25) is 0 Å². The first-order chi connectivity index (χ1) is 32.0. The second kappa shape index (κ2) is 53.7. The molecule has 0 saturated heterocycles. The van der Waals surface area contributed by atoms with Crippen LogP contribution in [0.1, 0.15) is 278 Å². The van der Waals surface area contributed by atoms with Gasteiger partial charge in [0.05, 0.1) is 0 Å². The highest BCUT2D eigenvalue weighted by Crippen LogP contribution is 2.15. The van der Waals surface area contributed by atoms with Crippen molar-refractivity contribution in [1.29, 1.82) is 0 Å². The number of hydrogen-bond acceptors (Lipinski definition) is 6. The van der Waals surface area contributed by atoms with Crippen LogP contribution in [-0.4, -0.2) is 37.2 Å². The van der Waals surface area contributed by atoms with E-state index in [4.69, 9.17) is 14.2 Å². The summed E-state index contributed by atoms with van der Waals surface area (Å²) in [7, 11) is 0. The highest BCUT2D eigenvalue weighted by molar-refractivity contribution is 5.71. The number of rotatable bonds is 50. The van der Waals surface area contributed by atoms with Crippen LogP contribution in [0.5, 0.6) is 0 Å². The zero-order valence-corrected chi connectivity index (χ0v) is 43.0. The monoisotopic (exact) mass is 909 g/mol. The Bertz CT molecular complexity index is 1180. The summed E-state index contributed by atoms with van der Waals surface area (Å²) in [6.07, 6.45) is 66.4. The van der Waals surface area contributed by atoms with Gasteiger partial charge in [-0.3, -0.25) is 14.4 Å². The zero-order valence-electron chi connectivity index (χ0n) is 43.0. The molecule has 0 unspecified atom stereocenters. The van der Waals surface area contributed by atoms with Gasteiger partial charge in [0.2, 0.25) is 0 Å². The number of hydrogen-bond donors (Lipinski definition) is 0. The summed E-state index contributed by atoms with van der Waals surface area (Å²) >= 11 is 0. The van der Waals surface area contributed by atoms with Gasteiger partial charge >= 0.3 is 17.9 Å². The minimum Gasteiger partial charge on any atom is -0.462 e. The van der Waals surface area contributed by atoms with Crippen molar-refractivity contribution in [3.8, 4) is 0 Å². The summed E-state index contributed by atoms with van der Waals surface area (Å²) in [5.41, 5.74) is 0. The first-order valence-corrected chi connectivity index (χ1v) is 27.8. The van der Waals surface area contributed by atoms with E-state index < -0.39 is 6.10 Å². The molecule has 0 rings (SSSR count). The van der Waals surface area contributed by atoms with Crippen molar-refractivity contribution >= 4 is 17.9 Å². The summed E-state index contributed by atoms with van der Waals surface area (Å²) < 4.78 is 16.8. The maximum absolute atomic E-state index is 12.8. The van der Waals surface area contributed by atoms with Crippen molar-refractivity contribution in [2.24, 2.45) is 0 Å². The maximum atomic E-state index is 12.8. The molecule has 0 fully saturated rings. The van der Waals surface area contributed by atoms with Crippen LogP contribution in [-0.2, 0) is 28.6 Å². The van der Waals surface area contributed by atoms with Crippen molar-refractivity contribution in [2.45, 2.75) is 284 Å². The van der Waals surface area contributed by atoms with Gasteiger partial charge in [0.25, 0.3) is 0 Å². The van der Waals surface area contributed by atoms with Gasteiger partial charge in [-0.1, -0.05) is 223 Å². The molecule has 0 aliphatic carbocycles. The Morgan fingerprint density at radius 2 is 0.615 bits per heavy atom. The van der Waals surface area contributed by atoms with E-state index in [9.17, 15) is 14.4 Å². The Hall–Kier alpha value is -2.89. The van der Waals surface area contributed by atoms with Crippen molar-refractivity contribution in [3.05, 3.63) is 60.8 Å². The van der Waals surface area contributed by atoms with Crippen LogP contribution in [0, 0.1) is 0 Å². The largest absolute Gasteiger partial charge is 0.462 e.